The van der Waals surface area contributed by atoms with Gasteiger partial charge in [0.1, 0.15) is 11.5 Å². The highest BCUT2D eigenvalue weighted by Gasteiger charge is 2.38. The number of anilines is 1. The quantitative estimate of drug-likeness (QED) is 0.518. The Morgan fingerprint density at radius 2 is 1.57 bits per heavy atom. The first-order valence-electron chi connectivity index (χ1n) is 8.94. The van der Waals surface area contributed by atoms with Gasteiger partial charge in [-0.3, -0.25) is 9.29 Å². The van der Waals surface area contributed by atoms with E-state index in [0.29, 0.717) is 22.8 Å². The van der Waals surface area contributed by atoms with Crippen molar-refractivity contribution in [3.63, 3.8) is 0 Å². The van der Waals surface area contributed by atoms with Crippen LogP contribution in [0.15, 0.2) is 72.9 Å². The third-order valence-corrected chi connectivity index (χ3v) is 5.79. The molecule has 1 aromatic heterocycles. The van der Waals surface area contributed by atoms with E-state index in [0.717, 1.165) is 4.31 Å². The van der Waals surface area contributed by atoms with Crippen LogP contribution in [0.5, 0.6) is 11.5 Å². The zero-order chi connectivity index (χ0) is 21.8. The van der Waals surface area contributed by atoms with E-state index in [1.807, 2.05) is 6.07 Å². The van der Waals surface area contributed by atoms with Crippen LogP contribution in [0.3, 0.4) is 0 Å². The van der Waals surface area contributed by atoms with Crippen LogP contribution in [0.4, 0.5) is 18.9 Å². The van der Waals surface area contributed by atoms with Gasteiger partial charge in [-0.15, -0.1) is 0 Å². The molecular weight excluding hydrogens is 417 g/mol. The molecule has 30 heavy (non-hydrogen) atoms. The van der Waals surface area contributed by atoms with E-state index >= 15 is 0 Å². The lowest BCUT2D eigenvalue weighted by atomic mass is 10.2. The van der Waals surface area contributed by atoms with Crippen LogP contribution in [-0.2, 0) is 16.6 Å². The summed E-state index contributed by atoms with van der Waals surface area (Å²) in [6.07, 6.45) is -3.42. The first-order chi connectivity index (χ1) is 14.1. The number of alkyl halides is 3. The molecule has 0 fully saturated rings. The van der Waals surface area contributed by atoms with E-state index in [2.05, 4.69) is 4.98 Å². The lowest BCUT2D eigenvalue weighted by Gasteiger charge is -2.25. The number of aryl methyl sites for hydroxylation is 1. The van der Waals surface area contributed by atoms with Gasteiger partial charge in [0.2, 0.25) is 10.0 Å². The Bertz CT molecular complexity index is 1070. The molecule has 0 aliphatic rings. The lowest BCUT2D eigenvalue weighted by Crippen LogP contribution is -2.37. The zero-order valence-corrected chi connectivity index (χ0v) is 16.8. The van der Waals surface area contributed by atoms with E-state index < -0.39 is 22.0 Å². The lowest BCUT2D eigenvalue weighted by molar-refractivity contribution is -0.106. The van der Waals surface area contributed by atoms with Gasteiger partial charge in [0.15, 0.2) is 5.75 Å². The van der Waals surface area contributed by atoms with Gasteiger partial charge in [-0.25, -0.2) is 8.42 Å². The average molecular weight is 436 g/mol. The summed E-state index contributed by atoms with van der Waals surface area (Å²) in [5.74, 6) is -0.950. The van der Waals surface area contributed by atoms with Crippen LogP contribution in [0.1, 0.15) is 11.3 Å². The van der Waals surface area contributed by atoms with Crippen molar-refractivity contribution in [2.75, 3.05) is 10.1 Å². The minimum atomic E-state index is -4.86. The van der Waals surface area contributed by atoms with Crippen molar-refractivity contribution in [2.45, 2.75) is 19.6 Å². The van der Waals surface area contributed by atoms with Crippen molar-refractivity contribution >= 4 is 15.7 Å². The maximum absolute atomic E-state index is 12.9. The molecule has 0 saturated carbocycles. The zero-order valence-electron chi connectivity index (χ0n) is 16.0. The highest BCUT2D eigenvalue weighted by atomic mass is 32.2. The number of hydrogen-bond acceptors (Lipinski definition) is 4. The Labute approximate surface area is 172 Å². The van der Waals surface area contributed by atoms with E-state index in [1.165, 1.54) is 30.5 Å². The highest BCUT2D eigenvalue weighted by Crippen LogP contribution is 2.29. The number of halogens is 3. The van der Waals surface area contributed by atoms with Gasteiger partial charge in [0.25, 0.3) is 0 Å². The number of ether oxygens (including phenoxy) is 1. The van der Waals surface area contributed by atoms with E-state index in [1.54, 1.807) is 43.3 Å². The SMILES string of the molecule is Cc1ccc(CN(c2ccc(Oc3ccccc3)cc2)S(=O)(=O)CC(F)(F)F)cn1. The van der Waals surface area contributed by atoms with Gasteiger partial charge < -0.3 is 4.74 Å². The molecule has 0 bridgehead atoms. The number of para-hydroxylation sites is 1. The van der Waals surface area contributed by atoms with Crippen molar-refractivity contribution in [3.05, 3.63) is 84.2 Å². The van der Waals surface area contributed by atoms with Gasteiger partial charge in [-0.2, -0.15) is 13.2 Å². The van der Waals surface area contributed by atoms with Crippen molar-refractivity contribution in [1.29, 1.82) is 0 Å². The molecule has 0 spiro atoms. The molecule has 1 heterocycles. The molecule has 0 N–H and O–H groups in total. The highest BCUT2D eigenvalue weighted by molar-refractivity contribution is 7.92. The fourth-order valence-corrected chi connectivity index (χ4v) is 4.06. The Morgan fingerprint density at radius 1 is 0.933 bits per heavy atom. The minimum absolute atomic E-state index is 0.0974. The normalized spacial score (nSPS) is 11.9. The maximum atomic E-state index is 12.9. The van der Waals surface area contributed by atoms with Crippen LogP contribution in [-0.4, -0.2) is 25.3 Å². The van der Waals surface area contributed by atoms with Crippen molar-refractivity contribution < 1.29 is 26.3 Å². The van der Waals surface area contributed by atoms with E-state index in [4.69, 9.17) is 4.74 Å². The molecule has 0 aliphatic carbocycles. The van der Waals surface area contributed by atoms with Crippen LogP contribution in [0.2, 0.25) is 0 Å². The summed E-state index contributed by atoms with van der Waals surface area (Å²) >= 11 is 0. The van der Waals surface area contributed by atoms with Gasteiger partial charge >= 0.3 is 6.18 Å². The largest absolute Gasteiger partial charge is 0.457 e. The molecule has 0 aliphatic heterocycles. The number of benzene rings is 2. The van der Waals surface area contributed by atoms with Gasteiger partial charge in [0, 0.05) is 11.9 Å². The number of sulfonamides is 1. The van der Waals surface area contributed by atoms with Crippen LogP contribution in [0.25, 0.3) is 0 Å². The van der Waals surface area contributed by atoms with E-state index in [9.17, 15) is 21.6 Å². The van der Waals surface area contributed by atoms with Gasteiger partial charge in [0.05, 0.1) is 12.2 Å². The topological polar surface area (TPSA) is 59.5 Å². The fourth-order valence-electron chi connectivity index (χ4n) is 2.70. The second-order valence-electron chi connectivity index (χ2n) is 6.59. The first kappa shape index (κ1) is 21.6. The molecule has 158 valence electrons. The summed E-state index contributed by atoms with van der Waals surface area (Å²) in [6, 6.07) is 18.1. The monoisotopic (exact) mass is 436 g/mol. The van der Waals surface area contributed by atoms with Crippen LogP contribution >= 0.6 is 0 Å². The Balaban J connectivity index is 1.89. The summed E-state index contributed by atoms with van der Waals surface area (Å²) < 4.78 is 70.1. The number of nitrogens with zero attached hydrogens (tertiary/aromatic N) is 2. The maximum Gasteiger partial charge on any atom is 0.404 e. The molecule has 0 unspecified atom stereocenters. The third kappa shape index (κ3) is 5.96. The van der Waals surface area contributed by atoms with Crippen molar-refractivity contribution in [3.8, 4) is 11.5 Å². The summed E-state index contributed by atoms with van der Waals surface area (Å²) in [7, 11) is -4.67. The second kappa shape index (κ2) is 8.74. The van der Waals surface area contributed by atoms with Crippen LogP contribution in [0, 0.1) is 6.92 Å². The predicted octanol–water partition coefficient (Wildman–Crippen LogP) is 5.08. The molecule has 0 radical (unpaired) electrons. The van der Waals surface area contributed by atoms with Gasteiger partial charge in [-0.1, -0.05) is 24.3 Å². The number of pyridine rings is 1. The summed E-state index contributed by atoms with van der Waals surface area (Å²) in [5.41, 5.74) is 1.28. The molecule has 5 nitrogen and oxygen atoms in total. The number of rotatable bonds is 7. The minimum Gasteiger partial charge on any atom is -0.457 e. The molecule has 9 heteroatoms. The van der Waals surface area contributed by atoms with Crippen molar-refractivity contribution in [1.82, 2.24) is 4.98 Å². The molecule has 0 amide bonds. The molecule has 3 rings (SSSR count). The van der Waals surface area contributed by atoms with Crippen LogP contribution < -0.4 is 9.04 Å². The van der Waals surface area contributed by atoms with Gasteiger partial charge in [-0.05, 0) is 55.0 Å². The third-order valence-electron chi connectivity index (χ3n) is 4.08. The number of hydrogen-bond donors (Lipinski definition) is 0. The first-order valence-corrected chi connectivity index (χ1v) is 10.5. The molecule has 3 aromatic rings. The molecule has 0 atom stereocenters. The Hall–Kier alpha value is -3.07. The standard InChI is InChI=1S/C21H19F3N2O3S/c1-16-7-8-17(13-25-16)14-26(30(27,28)15-21(22,23)24)18-9-11-20(12-10-18)29-19-5-3-2-4-6-19/h2-13H,14-15H2,1H3. The average Bonchev–Trinajstić information content (AvgIpc) is 2.67. The summed E-state index contributed by atoms with van der Waals surface area (Å²) in [4.78, 5) is 4.08. The number of aromatic nitrogens is 1. The molecule has 2 aromatic carbocycles. The predicted molar refractivity (Wildman–Crippen MR) is 108 cm³/mol. The Morgan fingerprint density at radius 3 is 2.13 bits per heavy atom. The fraction of sp³-hybridized carbons (Fsp3) is 0.190. The Kier molecular flexibility index (Phi) is 6.31. The summed E-state index contributed by atoms with van der Waals surface area (Å²) in [5, 5.41) is 0. The second-order valence-corrected chi connectivity index (χ2v) is 8.49. The van der Waals surface area contributed by atoms with Crippen molar-refractivity contribution in [2.24, 2.45) is 0 Å². The van der Waals surface area contributed by atoms with E-state index in [-0.39, 0.29) is 12.2 Å². The molecule has 0 saturated heterocycles. The smallest absolute Gasteiger partial charge is 0.404 e. The summed E-state index contributed by atoms with van der Waals surface area (Å²) in [6.45, 7) is 1.48. The molecular formula is C21H19F3N2O3S.